The first-order chi connectivity index (χ1) is 13.3. The first-order valence-electron chi connectivity index (χ1n) is 9.15. The van der Waals surface area contributed by atoms with Crippen LogP contribution in [0.15, 0.2) is 71.6 Å². The van der Waals surface area contributed by atoms with Gasteiger partial charge in [-0.2, -0.15) is 5.10 Å². The van der Waals surface area contributed by atoms with E-state index in [1.54, 1.807) is 17.1 Å². The molecule has 1 aliphatic heterocycles. The number of nitrogens with one attached hydrogen (secondary N) is 1. The molecule has 3 heterocycles. The Balaban J connectivity index is 1.39. The highest BCUT2D eigenvalue weighted by Crippen LogP contribution is 2.20. The summed E-state index contributed by atoms with van der Waals surface area (Å²) in [6.45, 7) is 1.65. The maximum absolute atomic E-state index is 12.8. The van der Waals surface area contributed by atoms with Gasteiger partial charge in [0, 0.05) is 24.6 Å². The second kappa shape index (κ2) is 8.05. The average Bonchev–Trinajstić information content (AvgIpc) is 3.44. The van der Waals surface area contributed by atoms with Crippen LogP contribution in [0.1, 0.15) is 18.6 Å². The zero-order valence-electron chi connectivity index (χ0n) is 15.0. The highest BCUT2D eigenvalue weighted by Gasteiger charge is 2.29. The van der Waals surface area contributed by atoms with E-state index >= 15 is 0 Å². The normalized spacial score (nSPS) is 17.6. The molecule has 1 fully saturated rings. The minimum absolute atomic E-state index is 0.0384. The number of nitrogens with zero attached hydrogens (tertiary/aromatic N) is 3. The summed E-state index contributed by atoms with van der Waals surface area (Å²) in [5, 5.41) is 7.29. The van der Waals surface area contributed by atoms with Crippen molar-refractivity contribution in [3.63, 3.8) is 0 Å². The topological polar surface area (TPSA) is 63.3 Å². The van der Waals surface area contributed by atoms with Crippen LogP contribution >= 0.6 is 0 Å². The molecule has 1 aromatic carbocycles. The fourth-order valence-electron chi connectivity index (χ4n) is 3.41. The van der Waals surface area contributed by atoms with Gasteiger partial charge in [0.2, 0.25) is 5.91 Å². The summed E-state index contributed by atoms with van der Waals surface area (Å²) in [5.41, 5.74) is 1.70. The third kappa shape index (κ3) is 4.17. The summed E-state index contributed by atoms with van der Waals surface area (Å²) in [4.78, 5) is 15.0. The average molecular weight is 362 g/mol. The predicted molar refractivity (Wildman–Crippen MR) is 105 cm³/mol. The van der Waals surface area contributed by atoms with Crippen LogP contribution < -0.4 is 5.32 Å². The standard InChI is InChI=1S/C21H22N4O2/c26-21(23-17-6-1-7-18(16-17)25-14-5-11-22-25)20-10-3-13-24(20)12-2-8-19-9-4-15-27-19/h1-2,4-9,11,14-16,20H,3,10,12-13H2,(H,23,26)/b8-2+/t20-/m0/s1. The van der Waals surface area contributed by atoms with Gasteiger partial charge >= 0.3 is 0 Å². The number of furan rings is 1. The highest BCUT2D eigenvalue weighted by molar-refractivity contribution is 5.95. The lowest BCUT2D eigenvalue weighted by Gasteiger charge is -2.22. The highest BCUT2D eigenvalue weighted by atomic mass is 16.3. The largest absolute Gasteiger partial charge is 0.465 e. The lowest BCUT2D eigenvalue weighted by Crippen LogP contribution is -2.39. The lowest BCUT2D eigenvalue weighted by atomic mass is 10.2. The van der Waals surface area contributed by atoms with Crippen molar-refractivity contribution in [1.82, 2.24) is 14.7 Å². The first kappa shape index (κ1) is 17.3. The minimum atomic E-state index is -0.111. The number of carbonyl (C=O) groups is 1. The van der Waals surface area contributed by atoms with Crippen LogP contribution in [0.5, 0.6) is 0 Å². The monoisotopic (exact) mass is 362 g/mol. The molecule has 0 unspecified atom stereocenters. The van der Waals surface area contributed by atoms with Gasteiger partial charge < -0.3 is 9.73 Å². The van der Waals surface area contributed by atoms with Crippen molar-refractivity contribution in [3.8, 4) is 5.69 Å². The molecule has 4 rings (SSSR count). The van der Waals surface area contributed by atoms with Crippen LogP contribution in [-0.2, 0) is 4.79 Å². The molecular formula is C21H22N4O2. The van der Waals surface area contributed by atoms with Gasteiger partial charge in [0.25, 0.3) is 0 Å². The van der Waals surface area contributed by atoms with Crippen molar-refractivity contribution in [1.29, 1.82) is 0 Å². The van der Waals surface area contributed by atoms with Gasteiger partial charge in [-0.25, -0.2) is 4.68 Å². The van der Waals surface area contributed by atoms with E-state index in [1.807, 2.05) is 60.8 Å². The Kier molecular flexibility index (Phi) is 5.16. The fourth-order valence-corrected chi connectivity index (χ4v) is 3.41. The van der Waals surface area contributed by atoms with Gasteiger partial charge in [-0.05, 0) is 61.9 Å². The van der Waals surface area contributed by atoms with Crippen molar-refractivity contribution in [2.24, 2.45) is 0 Å². The number of likely N-dealkylation sites (tertiary alicyclic amines) is 1. The van der Waals surface area contributed by atoms with Crippen molar-refractivity contribution in [2.45, 2.75) is 18.9 Å². The van der Waals surface area contributed by atoms with Gasteiger partial charge in [-0.1, -0.05) is 12.1 Å². The molecule has 0 bridgehead atoms. The van der Waals surface area contributed by atoms with E-state index in [0.29, 0.717) is 0 Å². The number of rotatable bonds is 6. The predicted octanol–water partition coefficient (Wildman–Crippen LogP) is 3.58. The van der Waals surface area contributed by atoms with Crippen LogP contribution in [0, 0.1) is 0 Å². The van der Waals surface area contributed by atoms with E-state index in [2.05, 4.69) is 15.3 Å². The molecule has 0 saturated carbocycles. The van der Waals surface area contributed by atoms with E-state index < -0.39 is 0 Å². The molecular weight excluding hydrogens is 340 g/mol. The number of hydrogen-bond acceptors (Lipinski definition) is 4. The number of aromatic nitrogens is 2. The second-order valence-corrected chi connectivity index (χ2v) is 6.56. The van der Waals surface area contributed by atoms with E-state index in [-0.39, 0.29) is 11.9 Å². The first-order valence-corrected chi connectivity index (χ1v) is 9.15. The second-order valence-electron chi connectivity index (χ2n) is 6.56. The Labute approximate surface area is 158 Å². The quantitative estimate of drug-likeness (QED) is 0.728. The summed E-state index contributed by atoms with van der Waals surface area (Å²) in [5.74, 6) is 0.863. The van der Waals surface area contributed by atoms with E-state index in [0.717, 1.165) is 43.1 Å². The maximum Gasteiger partial charge on any atom is 0.241 e. The van der Waals surface area contributed by atoms with Crippen molar-refractivity contribution in [2.75, 3.05) is 18.4 Å². The van der Waals surface area contributed by atoms with Gasteiger partial charge in [0.05, 0.1) is 18.0 Å². The van der Waals surface area contributed by atoms with Gasteiger partial charge in [0.15, 0.2) is 0 Å². The molecule has 1 saturated heterocycles. The third-order valence-corrected chi connectivity index (χ3v) is 4.71. The number of amides is 1. The van der Waals surface area contributed by atoms with Gasteiger partial charge in [-0.15, -0.1) is 0 Å². The van der Waals surface area contributed by atoms with E-state index in [1.165, 1.54) is 0 Å². The molecule has 1 amide bonds. The molecule has 6 nitrogen and oxygen atoms in total. The summed E-state index contributed by atoms with van der Waals surface area (Å²) in [6, 6.07) is 13.3. The SMILES string of the molecule is O=C(Nc1cccc(-n2cccn2)c1)[C@@H]1CCCN1C/C=C/c1ccco1. The van der Waals surface area contributed by atoms with Crippen LogP contribution in [0.25, 0.3) is 11.8 Å². The third-order valence-electron chi connectivity index (χ3n) is 4.71. The Morgan fingerprint density at radius 3 is 3.07 bits per heavy atom. The van der Waals surface area contributed by atoms with Crippen LogP contribution in [0.4, 0.5) is 5.69 Å². The summed E-state index contributed by atoms with van der Waals surface area (Å²) >= 11 is 0. The van der Waals surface area contributed by atoms with Crippen LogP contribution in [-0.4, -0.2) is 39.7 Å². The van der Waals surface area contributed by atoms with E-state index in [9.17, 15) is 4.79 Å². The number of benzene rings is 1. The van der Waals surface area contributed by atoms with Crippen molar-refractivity contribution < 1.29 is 9.21 Å². The molecule has 1 N–H and O–H groups in total. The maximum atomic E-state index is 12.8. The summed E-state index contributed by atoms with van der Waals surface area (Å²) in [7, 11) is 0. The Hall–Kier alpha value is -3.12. The lowest BCUT2D eigenvalue weighted by molar-refractivity contribution is -0.120. The van der Waals surface area contributed by atoms with Gasteiger partial charge in [0.1, 0.15) is 5.76 Å². The van der Waals surface area contributed by atoms with Crippen molar-refractivity contribution >= 4 is 17.7 Å². The summed E-state index contributed by atoms with van der Waals surface area (Å²) < 4.78 is 7.08. The smallest absolute Gasteiger partial charge is 0.241 e. The minimum Gasteiger partial charge on any atom is -0.465 e. The van der Waals surface area contributed by atoms with E-state index in [4.69, 9.17) is 4.42 Å². The van der Waals surface area contributed by atoms with Gasteiger partial charge in [-0.3, -0.25) is 9.69 Å². The summed E-state index contributed by atoms with van der Waals surface area (Å²) in [6.07, 6.45) is 11.2. The Bertz CT molecular complexity index is 900. The molecule has 138 valence electrons. The fraction of sp³-hybridized carbons (Fsp3) is 0.238. The number of carbonyl (C=O) groups excluding carboxylic acids is 1. The molecule has 0 aliphatic carbocycles. The molecule has 1 aliphatic rings. The zero-order chi connectivity index (χ0) is 18.5. The Morgan fingerprint density at radius 1 is 1.30 bits per heavy atom. The number of anilines is 1. The molecule has 6 heteroatoms. The molecule has 1 atom stereocenters. The van der Waals surface area contributed by atoms with Crippen LogP contribution in [0.3, 0.4) is 0 Å². The molecule has 0 radical (unpaired) electrons. The molecule has 0 spiro atoms. The molecule has 2 aromatic heterocycles. The zero-order valence-corrected chi connectivity index (χ0v) is 15.0. The molecule has 3 aromatic rings. The number of hydrogen-bond donors (Lipinski definition) is 1. The molecule has 27 heavy (non-hydrogen) atoms. The van der Waals surface area contributed by atoms with Crippen LogP contribution in [0.2, 0.25) is 0 Å². The Morgan fingerprint density at radius 2 is 2.26 bits per heavy atom. The van der Waals surface area contributed by atoms with Crippen molar-refractivity contribution in [3.05, 3.63) is 73.0 Å².